The van der Waals surface area contributed by atoms with Gasteiger partial charge in [0.05, 0.1) is 4.32 Å². The molecule has 3 aliphatic rings. The lowest BCUT2D eigenvalue weighted by atomic mass is 9.50. The molecule has 0 unspecified atom stereocenters. The van der Waals surface area contributed by atoms with Gasteiger partial charge >= 0.3 is 0 Å². The SMILES string of the molecule is Br[C@]12c3ccccc3[C@@H]1[C@@]1(c3ccccc3)O[C@]2(c2ccccc2)c2ccccc21. The van der Waals surface area contributed by atoms with Crippen molar-refractivity contribution in [1.82, 2.24) is 0 Å². The summed E-state index contributed by atoms with van der Waals surface area (Å²) in [6, 6.07) is 39.1. The molecule has 0 saturated carbocycles. The van der Waals surface area contributed by atoms with Gasteiger partial charge in [-0.05, 0) is 33.4 Å². The summed E-state index contributed by atoms with van der Waals surface area (Å²) in [6.45, 7) is 0. The first-order chi connectivity index (χ1) is 14.7. The van der Waals surface area contributed by atoms with Gasteiger partial charge in [0.2, 0.25) is 0 Å². The van der Waals surface area contributed by atoms with Crippen molar-refractivity contribution in [3.8, 4) is 0 Å². The lowest BCUT2D eigenvalue weighted by molar-refractivity contribution is -0.0472. The molecule has 1 nitrogen and oxygen atoms in total. The van der Waals surface area contributed by atoms with Crippen LogP contribution in [0.25, 0.3) is 0 Å². The van der Waals surface area contributed by atoms with Gasteiger partial charge in [0, 0.05) is 5.92 Å². The minimum absolute atomic E-state index is 0.193. The second-order valence-electron chi connectivity index (χ2n) is 8.53. The molecule has 2 aliphatic heterocycles. The predicted octanol–water partition coefficient (Wildman–Crippen LogP) is 6.61. The molecule has 2 bridgehead atoms. The lowest BCUT2D eigenvalue weighted by Crippen LogP contribution is -2.54. The van der Waals surface area contributed by atoms with Crippen molar-refractivity contribution >= 4 is 15.9 Å². The maximum absolute atomic E-state index is 7.42. The smallest absolute Gasteiger partial charge is 0.140 e. The maximum atomic E-state index is 7.42. The Kier molecular flexibility index (Phi) is 3.13. The van der Waals surface area contributed by atoms with Gasteiger partial charge in [-0.3, -0.25) is 0 Å². The summed E-state index contributed by atoms with van der Waals surface area (Å²) in [6.07, 6.45) is 0. The van der Waals surface area contributed by atoms with Crippen LogP contribution in [0.2, 0.25) is 0 Å². The minimum Gasteiger partial charge on any atom is -0.347 e. The van der Waals surface area contributed by atoms with Gasteiger partial charge in [0.1, 0.15) is 11.2 Å². The Hall–Kier alpha value is -2.68. The van der Waals surface area contributed by atoms with Gasteiger partial charge in [-0.25, -0.2) is 0 Å². The summed E-state index contributed by atoms with van der Waals surface area (Å²) in [7, 11) is 0. The van der Waals surface area contributed by atoms with Crippen LogP contribution < -0.4 is 0 Å². The van der Waals surface area contributed by atoms with Crippen LogP contribution in [-0.4, -0.2) is 0 Å². The van der Waals surface area contributed by atoms with Gasteiger partial charge in [-0.15, -0.1) is 0 Å². The van der Waals surface area contributed by atoms with Gasteiger partial charge in [0.25, 0.3) is 0 Å². The van der Waals surface area contributed by atoms with Crippen molar-refractivity contribution in [3.05, 3.63) is 143 Å². The molecule has 1 fully saturated rings. The molecule has 4 aromatic rings. The summed E-state index contributed by atoms with van der Waals surface area (Å²) in [5.41, 5.74) is 6.58. The van der Waals surface area contributed by atoms with Crippen LogP contribution in [0.15, 0.2) is 109 Å². The number of hydrogen-bond donors (Lipinski definition) is 0. The number of rotatable bonds is 2. The van der Waals surface area contributed by atoms with Crippen LogP contribution in [-0.2, 0) is 20.3 Å². The van der Waals surface area contributed by atoms with Crippen molar-refractivity contribution in [1.29, 1.82) is 0 Å². The quantitative estimate of drug-likeness (QED) is 0.312. The Bertz CT molecular complexity index is 1300. The zero-order valence-corrected chi connectivity index (χ0v) is 17.8. The summed E-state index contributed by atoms with van der Waals surface area (Å²) in [5.74, 6) is 0.193. The molecule has 0 radical (unpaired) electrons. The zero-order chi connectivity index (χ0) is 20.0. The highest BCUT2D eigenvalue weighted by atomic mass is 79.9. The number of hydrogen-bond acceptors (Lipinski definition) is 1. The van der Waals surface area contributed by atoms with Crippen LogP contribution in [0.1, 0.15) is 39.3 Å². The number of halogens is 1. The molecule has 2 heterocycles. The molecule has 1 aliphatic carbocycles. The molecular formula is C28H19BrO. The zero-order valence-electron chi connectivity index (χ0n) is 16.3. The third-order valence-electron chi connectivity index (χ3n) is 7.38. The molecule has 0 aromatic heterocycles. The normalized spacial score (nSPS) is 32.1. The van der Waals surface area contributed by atoms with E-state index >= 15 is 0 Å². The third kappa shape index (κ3) is 1.61. The highest BCUT2D eigenvalue weighted by molar-refractivity contribution is 9.09. The largest absolute Gasteiger partial charge is 0.347 e. The molecule has 1 saturated heterocycles. The molecule has 4 aromatic carbocycles. The first kappa shape index (κ1) is 17.0. The fourth-order valence-electron chi connectivity index (χ4n) is 6.38. The Balaban J connectivity index is 1.66. The standard InChI is InChI=1S/C28H19BrO/c29-27-22-16-8-7-15-21(22)25(27)26(19-11-3-1-4-12-19)23-17-9-10-18-24(23)28(27,30-26)20-13-5-2-6-14-20/h1-18,25H/t25-,26+,27-,28-/m1/s1. The topological polar surface area (TPSA) is 9.23 Å². The fraction of sp³-hybridized carbons (Fsp3) is 0.143. The van der Waals surface area contributed by atoms with Gasteiger partial charge in [-0.2, -0.15) is 0 Å². The summed E-state index contributed by atoms with van der Waals surface area (Å²) < 4.78 is 7.10. The predicted molar refractivity (Wildman–Crippen MR) is 122 cm³/mol. The number of ether oxygens (including phenoxy) is 1. The first-order valence-electron chi connectivity index (χ1n) is 10.4. The molecule has 4 atom stereocenters. The van der Waals surface area contributed by atoms with Crippen LogP contribution in [0, 0.1) is 0 Å². The van der Waals surface area contributed by atoms with E-state index in [9.17, 15) is 0 Å². The van der Waals surface area contributed by atoms with E-state index in [-0.39, 0.29) is 10.2 Å². The Morgan fingerprint density at radius 2 is 1.10 bits per heavy atom. The van der Waals surface area contributed by atoms with E-state index in [1.165, 1.54) is 33.4 Å². The number of alkyl halides is 1. The van der Waals surface area contributed by atoms with Crippen molar-refractivity contribution in [2.24, 2.45) is 0 Å². The van der Waals surface area contributed by atoms with Gasteiger partial charge in [0.15, 0.2) is 0 Å². The summed E-state index contributed by atoms with van der Waals surface area (Å²) >= 11 is 4.32. The molecule has 0 N–H and O–H groups in total. The molecule has 0 spiro atoms. The van der Waals surface area contributed by atoms with Gasteiger partial charge < -0.3 is 4.74 Å². The lowest BCUT2D eigenvalue weighted by Gasteiger charge is -2.55. The van der Waals surface area contributed by atoms with E-state index < -0.39 is 11.2 Å². The molecule has 30 heavy (non-hydrogen) atoms. The average Bonchev–Trinajstić information content (AvgIpc) is 3.23. The second-order valence-corrected chi connectivity index (χ2v) is 9.78. The Morgan fingerprint density at radius 3 is 1.80 bits per heavy atom. The minimum atomic E-state index is -0.584. The molecule has 2 heteroatoms. The van der Waals surface area contributed by atoms with E-state index in [1.54, 1.807) is 0 Å². The fourth-order valence-corrected chi connectivity index (χ4v) is 7.83. The monoisotopic (exact) mass is 450 g/mol. The van der Waals surface area contributed by atoms with Gasteiger partial charge in [-0.1, -0.05) is 125 Å². The highest BCUT2D eigenvalue weighted by Crippen LogP contribution is 2.83. The first-order valence-corrected chi connectivity index (χ1v) is 11.2. The maximum Gasteiger partial charge on any atom is 0.140 e. The van der Waals surface area contributed by atoms with Crippen LogP contribution in [0.5, 0.6) is 0 Å². The van der Waals surface area contributed by atoms with E-state index in [1.807, 2.05) is 0 Å². The molecular weight excluding hydrogens is 432 g/mol. The summed E-state index contributed by atoms with van der Waals surface area (Å²) in [5, 5.41) is 0. The van der Waals surface area contributed by atoms with Crippen molar-refractivity contribution in [3.63, 3.8) is 0 Å². The summed E-state index contributed by atoms with van der Waals surface area (Å²) in [4.78, 5) is 0. The van der Waals surface area contributed by atoms with Crippen LogP contribution >= 0.6 is 15.9 Å². The van der Waals surface area contributed by atoms with Crippen molar-refractivity contribution < 1.29 is 4.74 Å². The Morgan fingerprint density at radius 1 is 0.567 bits per heavy atom. The van der Waals surface area contributed by atoms with E-state index in [4.69, 9.17) is 4.74 Å². The average molecular weight is 451 g/mol. The van der Waals surface area contributed by atoms with Crippen LogP contribution in [0.4, 0.5) is 0 Å². The molecule has 7 rings (SSSR count). The van der Waals surface area contributed by atoms with E-state index in [2.05, 4.69) is 125 Å². The van der Waals surface area contributed by atoms with Crippen molar-refractivity contribution in [2.75, 3.05) is 0 Å². The van der Waals surface area contributed by atoms with Crippen molar-refractivity contribution in [2.45, 2.75) is 21.4 Å². The number of benzene rings is 4. The van der Waals surface area contributed by atoms with E-state index in [0.29, 0.717) is 0 Å². The van der Waals surface area contributed by atoms with Crippen LogP contribution in [0.3, 0.4) is 0 Å². The second kappa shape index (κ2) is 5.51. The molecule has 144 valence electrons. The highest BCUT2D eigenvalue weighted by Gasteiger charge is 2.82. The number of fused-ring (bicyclic) bond motifs is 11. The molecule has 0 amide bonds. The Labute approximate surface area is 184 Å². The van der Waals surface area contributed by atoms with E-state index in [0.717, 1.165) is 0 Å². The third-order valence-corrected chi connectivity index (χ3v) is 8.83.